The molecule has 0 bridgehead atoms. The number of rotatable bonds is 5. The summed E-state index contributed by atoms with van der Waals surface area (Å²) in [5.74, 6) is 5.79. The van der Waals surface area contributed by atoms with Crippen molar-refractivity contribution in [2.45, 2.75) is 39.8 Å². The number of nitrogens with zero attached hydrogens (tertiary/aromatic N) is 2. The molecular weight excluding hydrogens is 236 g/mol. The fraction of sp³-hybridized carbons (Fsp3) is 0.400. The van der Waals surface area contributed by atoms with Crippen LogP contribution in [0.4, 0.5) is 0 Å². The molecule has 19 heavy (non-hydrogen) atoms. The van der Waals surface area contributed by atoms with E-state index in [0.717, 1.165) is 18.7 Å². The summed E-state index contributed by atoms with van der Waals surface area (Å²) in [6.45, 7) is 7.26. The van der Waals surface area contributed by atoms with Gasteiger partial charge in [-0.1, -0.05) is 30.7 Å². The lowest BCUT2D eigenvalue weighted by Crippen LogP contribution is -2.31. The van der Waals surface area contributed by atoms with Crippen molar-refractivity contribution < 1.29 is 0 Å². The van der Waals surface area contributed by atoms with Gasteiger partial charge in [0.2, 0.25) is 0 Å². The summed E-state index contributed by atoms with van der Waals surface area (Å²) in [6, 6.07) is 8.45. The molecule has 0 aliphatic heterocycles. The van der Waals surface area contributed by atoms with Gasteiger partial charge in [0.25, 0.3) is 0 Å². The molecule has 1 heterocycles. The summed E-state index contributed by atoms with van der Waals surface area (Å²) in [7, 11) is 0. The lowest BCUT2D eigenvalue weighted by Gasteiger charge is -2.20. The first-order chi connectivity index (χ1) is 9.17. The molecule has 4 nitrogen and oxygen atoms in total. The molecule has 0 amide bonds. The van der Waals surface area contributed by atoms with E-state index < -0.39 is 0 Å². The minimum absolute atomic E-state index is 0.0195. The molecule has 0 aliphatic carbocycles. The third-order valence-electron chi connectivity index (χ3n) is 3.39. The highest BCUT2D eigenvalue weighted by molar-refractivity contribution is 5.37. The minimum Gasteiger partial charge on any atom is -0.271 e. The lowest BCUT2D eigenvalue weighted by molar-refractivity contribution is 0.520. The first kappa shape index (κ1) is 13.8. The molecule has 2 aromatic rings. The third-order valence-corrected chi connectivity index (χ3v) is 3.39. The zero-order valence-electron chi connectivity index (χ0n) is 11.9. The lowest BCUT2D eigenvalue weighted by atomic mass is 9.97. The molecule has 0 radical (unpaired) electrons. The van der Waals surface area contributed by atoms with E-state index in [4.69, 9.17) is 5.84 Å². The highest BCUT2D eigenvalue weighted by Gasteiger charge is 2.18. The van der Waals surface area contributed by atoms with Gasteiger partial charge in [-0.05, 0) is 37.5 Å². The van der Waals surface area contributed by atoms with Crippen molar-refractivity contribution in [3.8, 4) is 0 Å². The number of aromatic nitrogens is 2. The van der Waals surface area contributed by atoms with Gasteiger partial charge in [-0.2, -0.15) is 5.10 Å². The molecule has 1 unspecified atom stereocenters. The largest absolute Gasteiger partial charge is 0.271 e. The monoisotopic (exact) mass is 258 g/mol. The first-order valence-electron chi connectivity index (χ1n) is 6.72. The Bertz CT molecular complexity index is 545. The zero-order valence-corrected chi connectivity index (χ0v) is 11.9. The van der Waals surface area contributed by atoms with E-state index >= 15 is 0 Å². The fourth-order valence-electron chi connectivity index (χ4n) is 2.39. The number of aryl methyl sites for hydroxylation is 3. The van der Waals surface area contributed by atoms with E-state index in [2.05, 4.69) is 49.5 Å². The summed E-state index contributed by atoms with van der Waals surface area (Å²) in [5.41, 5.74) is 7.72. The molecule has 2 rings (SSSR count). The maximum absolute atomic E-state index is 5.79. The summed E-state index contributed by atoms with van der Waals surface area (Å²) < 4.78 is 2.02. The summed E-state index contributed by atoms with van der Waals surface area (Å²) in [5, 5.41) is 4.37. The number of nitrogens with two attached hydrogens (primary N) is 1. The van der Waals surface area contributed by atoms with Gasteiger partial charge in [0, 0.05) is 12.7 Å². The van der Waals surface area contributed by atoms with E-state index in [1.165, 1.54) is 16.7 Å². The number of nitrogens with one attached hydrogen (secondary N) is 1. The van der Waals surface area contributed by atoms with Gasteiger partial charge in [0.05, 0.1) is 11.7 Å². The predicted octanol–water partition coefficient (Wildman–Crippen LogP) is 2.46. The van der Waals surface area contributed by atoms with Crippen LogP contribution in [0, 0.1) is 13.8 Å². The Hall–Kier alpha value is -1.65. The van der Waals surface area contributed by atoms with Gasteiger partial charge < -0.3 is 0 Å². The average Bonchev–Trinajstić information content (AvgIpc) is 2.83. The van der Waals surface area contributed by atoms with Gasteiger partial charge in [0.1, 0.15) is 0 Å². The van der Waals surface area contributed by atoms with Crippen molar-refractivity contribution in [1.82, 2.24) is 15.2 Å². The van der Waals surface area contributed by atoms with Crippen LogP contribution in [0.15, 0.2) is 30.5 Å². The summed E-state index contributed by atoms with van der Waals surface area (Å²) in [4.78, 5) is 0. The highest BCUT2D eigenvalue weighted by atomic mass is 15.3. The van der Waals surface area contributed by atoms with Crippen molar-refractivity contribution in [3.05, 3.63) is 52.8 Å². The molecule has 102 valence electrons. The molecular formula is C15H22N4. The minimum atomic E-state index is -0.0195. The van der Waals surface area contributed by atoms with Crippen LogP contribution in [-0.4, -0.2) is 9.78 Å². The SMILES string of the molecule is CCCn1nccc1C(NN)c1cc(C)ccc1C. The molecule has 1 aromatic carbocycles. The second-order valence-electron chi connectivity index (χ2n) is 4.94. The Morgan fingerprint density at radius 1 is 1.32 bits per heavy atom. The molecule has 0 saturated heterocycles. The second-order valence-corrected chi connectivity index (χ2v) is 4.94. The van der Waals surface area contributed by atoms with Crippen LogP contribution >= 0.6 is 0 Å². The molecule has 0 spiro atoms. The molecule has 0 fully saturated rings. The van der Waals surface area contributed by atoms with Gasteiger partial charge in [-0.3, -0.25) is 10.5 Å². The average molecular weight is 258 g/mol. The van der Waals surface area contributed by atoms with Crippen LogP contribution in [0.25, 0.3) is 0 Å². The second kappa shape index (κ2) is 5.99. The quantitative estimate of drug-likeness (QED) is 0.640. The number of hydrogen-bond acceptors (Lipinski definition) is 3. The topological polar surface area (TPSA) is 55.9 Å². The molecule has 0 aliphatic rings. The maximum atomic E-state index is 5.79. The van der Waals surface area contributed by atoms with Crippen LogP contribution in [0.3, 0.4) is 0 Å². The van der Waals surface area contributed by atoms with Gasteiger partial charge in [0.15, 0.2) is 0 Å². The van der Waals surface area contributed by atoms with E-state index in [1.54, 1.807) is 0 Å². The number of hydrazine groups is 1. The predicted molar refractivity (Wildman–Crippen MR) is 77.6 cm³/mol. The summed E-state index contributed by atoms with van der Waals surface area (Å²) in [6.07, 6.45) is 2.89. The van der Waals surface area contributed by atoms with E-state index in [-0.39, 0.29) is 6.04 Å². The Kier molecular flexibility index (Phi) is 4.35. The normalized spacial score (nSPS) is 12.6. The highest BCUT2D eigenvalue weighted by Crippen LogP contribution is 2.25. The Morgan fingerprint density at radius 2 is 2.11 bits per heavy atom. The van der Waals surface area contributed by atoms with E-state index in [9.17, 15) is 0 Å². The standard InChI is InChI=1S/C15H22N4/c1-4-9-19-14(7-8-17-19)15(18-16)13-10-11(2)5-6-12(13)3/h5-8,10,15,18H,4,9,16H2,1-3H3. The maximum Gasteiger partial charge on any atom is 0.0880 e. The van der Waals surface area contributed by atoms with Crippen LogP contribution in [0.2, 0.25) is 0 Å². The Labute approximate surface area is 114 Å². The third kappa shape index (κ3) is 2.85. The fourth-order valence-corrected chi connectivity index (χ4v) is 2.39. The first-order valence-corrected chi connectivity index (χ1v) is 6.72. The van der Waals surface area contributed by atoms with E-state index in [0.29, 0.717) is 0 Å². The molecule has 1 atom stereocenters. The van der Waals surface area contributed by atoms with Crippen LogP contribution < -0.4 is 11.3 Å². The van der Waals surface area contributed by atoms with Crippen LogP contribution in [0.5, 0.6) is 0 Å². The Morgan fingerprint density at radius 3 is 2.79 bits per heavy atom. The van der Waals surface area contributed by atoms with Crippen LogP contribution in [-0.2, 0) is 6.54 Å². The van der Waals surface area contributed by atoms with Crippen molar-refractivity contribution >= 4 is 0 Å². The van der Waals surface area contributed by atoms with Gasteiger partial charge in [-0.25, -0.2) is 5.43 Å². The van der Waals surface area contributed by atoms with Crippen molar-refractivity contribution in [2.24, 2.45) is 5.84 Å². The smallest absolute Gasteiger partial charge is 0.0880 e. The Balaban J connectivity index is 2.44. The molecule has 0 saturated carbocycles. The zero-order chi connectivity index (χ0) is 13.8. The molecule has 1 aromatic heterocycles. The van der Waals surface area contributed by atoms with Crippen molar-refractivity contribution in [1.29, 1.82) is 0 Å². The number of benzene rings is 1. The van der Waals surface area contributed by atoms with Crippen LogP contribution in [0.1, 0.15) is 41.8 Å². The molecule has 3 N–H and O–H groups in total. The van der Waals surface area contributed by atoms with E-state index in [1.807, 2.05) is 16.9 Å². The van der Waals surface area contributed by atoms with Crippen molar-refractivity contribution in [3.63, 3.8) is 0 Å². The van der Waals surface area contributed by atoms with Crippen molar-refractivity contribution in [2.75, 3.05) is 0 Å². The summed E-state index contributed by atoms with van der Waals surface area (Å²) >= 11 is 0. The molecule has 4 heteroatoms. The van der Waals surface area contributed by atoms with Gasteiger partial charge >= 0.3 is 0 Å². The van der Waals surface area contributed by atoms with Gasteiger partial charge in [-0.15, -0.1) is 0 Å². The number of hydrogen-bond donors (Lipinski definition) is 2.